The molecule has 6 nitrogen and oxygen atoms in total. The van der Waals surface area contributed by atoms with Crippen LogP contribution in [-0.2, 0) is 14.3 Å². The molecule has 0 saturated carbocycles. The lowest BCUT2D eigenvalue weighted by Gasteiger charge is -2.22. The maximum Gasteiger partial charge on any atom is 0.305 e. The Kier molecular flexibility index (Phi) is 34.5. The topological polar surface area (TPSA) is 66.9 Å². The summed E-state index contributed by atoms with van der Waals surface area (Å²) < 4.78 is 4.68. The Labute approximate surface area is 295 Å². The Morgan fingerprint density at radius 2 is 0.936 bits per heavy atom. The number of methoxy groups -OCH3 is 1. The molecule has 0 aliphatic heterocycles. The summed E-state index contributed by atoms with van der Waals surface area (Å²) in [7, 11) is 5.63. The highest BCUT2D eigenvalue weighted by molar-refractivity contribution is 8.13. The first-order valence-electron chi connectivity index (χ1n) is 19.3. The summed E-state index contributed by atoms with van der Waals surface area (Å²) in [6, 6.07) is 0. The number of amides is 1. The van der Waals surface area contributed by atoms with E-state index in [1.165, 1.54) is 95.9 Å². The average molecular weight is 679 g/mol. The van der Waals surface area contributed by atoms with Crippen LogP contribution in [-0.4, -0.2) is 73.4 Å². The van der Waals surface area contributed by atoms with Crippen molar-refractivity contribution in [3.05, 3.63) is 24.3 Å². The SMILES string of the molecule is COC(=O)CCCCC/C=C\CCCCCCCCN(CCCCCCCC/C=C\CCCCCC(C)=O)C(=O)SCCCN(C)C. The van der Waals surface area contributed by atoms with E-state index in [1.54, 1.807) is 6.92 Å². The average Bonchev–Trinajstić information content (AvgIpc) is 3.05. The molecule has 0 aromatic rings. The lowest BCUT2D eigenvalue weighted by molar-refractivity contribution is -0.140. The number of Topliss-reactive ketones (excluding diaryl/α,β-unsaturated/α-hetero) is 1. The molecule has 0 fully saturated rings. The molecule has 0 atom stereocenters. The summed E-state index contributed by atoms with van der Waals surface area (Å²) in [5.41, 5.74) is 0. The standard InChI is InChI=1S/C40H74N2O4S/c1-38(43)32-27-23-19-15-11-7-5-9-13-17-21-25-29-35-42(40(45)47-37-31-34-41(2)3)36-30-26-22-18-14-10-6-8-12-16-20-24-28-33-39(44)46-4/h7-8,11-12H,5-6,9-10,13-37H2,1-4H3/b11-7-,12-8-. The highest BCUT2D eigenvalue weighted by Gasteiger charge is 2.13. The second-order valence-electron chi connectivity index (χ2n) is 13.5. The van der Waals surface area contributed by atoms with Gasteiger partial charge in [0.25, 0.3) is 5.24 Å². The van der Waals surface area contributed by atoms with E-state index in [4.69, 9.17) is 0 Å². The molecule has 0 radical (unpaired) electrons. The summed E-state index contributed by atoms with van der Waals surface area (Å²) in [4.78, 5) is 39.4. The Balaban J connectivity index is 3.99. The molecular formula is C40H74N2O4S. The van der Waals surface area contributed by atoms with Crippen LogP contribution in [0.4, 0.5) is 4.79 Å². The summed E-state index contributed by atoms with van der Waals surface area (Å²) in [5.74, 6) is 1.12. The predicted octanol–water partition coefficient (Wildman–Crippen LogP) is 11.3. The highest BCUT2D eigenvalue weighted by atomic mass is 32.2. The molecule has 0 saturated heterocycles. The van der Waals surface area contributed by atoms with Crippen molar-refractivity contribution in [1.29, 1.82) is 0 Å². The molecule has 0 unspecified atom stereocenters. The van der Waals surface area contributed by atoms with E-state index in [0.717, 1.165) is 102 Å². The van der Waals surface area contributed by atoms with Gasteiger partial charge in [-0.15, -0.1) is 0 Å². The Morgan fingerprint density at radius 3 is 1.36 bits per heavy atom. The second-order valence-corrected chi connectivity index (χ2v) is 14.5. The third kappa shape index (κ3) is 35.5. The molecule has 0 rings (SSSR count). The molecule has 0 spiro atoms. The number of rotatable bonds is 34. The van der Waals surface area contributed by atoms with Gasteiger partial charge in [-0.3, -0.25) is 9.59 Å². The van der Waals surface area contributed by atoms with Crippen LogP contribution < -0.4 is 0 Å². The van der Waals surface area contributed by atoms with Gasteiger partial charge in [-0.05, 0) is 111 Å². The maximum absolute atomic E-state index is 13.0. The van der Waals surface area contributed by atoms with Gasteiger partial charge in [-0.1, -0.05) is 100 Å². The lowest BCUT2D eigenvalue weighted by Crippen LogP contribution is -2.30. The van der Waals surface area contributed by atoms with Gasteiger partial charge in [-0.25, -0.2) is 0 Å². The van der Waals surface area contributed by atoms with Crippen LogP contribution in [0.1, 0.15) is 167 Å². The van der Waals surface area contributed by atoms with Crippen molar-refractivity contribution in [3.8, 4) is 0 Å². The number of esters is 1. The van der Waals surface area contributed by atoms with Gasteiger partial charge in [0.2, 0.25) is 0 Å². The largest absolute Gasteiger partial charge is 0.469 e. The molecule has 47 heavy (non-hydrogen) atoms. The Morgan fingerprint density at radius 1 is 0.532 bits per heavy atom. The first-order chi connectivity index (χ1) is 22.9. The van der Waals surface area contributed by atoms with Crippen LogP contribution in [0, 0.1) is 0 Å². The van der Waals surface area contributed by atoms with Gasteiger partial charge >= 0.3 is 5.97 Å². The molecule has 0 aromatic carbocycles. The van der Waals surface area contributed by atoms with Crippen LogP contribution in [0.3, 0.4) is 0 Å². The maximum atomic E-state index is 13.0. The zero-order chi connectivity index (χ0) is 34.6. The molecule has 1 amide bonds. The van der Waals surface area contributed by atoms with Crippen molar-refractivity contribution >= 4 is 28.8 Å². The van der Waals surface area contributed by atoms with E-state index >= 15 is 0 Å². The van der Waals surface area contributed by atoms with Crippen molar-refractivity contribution in [2.24, 2.45) is 0 Å². The number of hydrogen-bond donors (Lipinski definition) is 0. The van der Waals surface area contributed by atoms with Crippen molar-refractivity contribution in [3.63, 3.8) is 0 Å². The number of carbonyl (C=O) groups excluding carboxylic acids is 3. The minimum Gasteiger partial charge on any atom is -0.469 e. The zero-order valence-electron chi connectivity index (χ0n) is 31.3. The van der Waals surface area contributed by atoms with Crippen LogP contribution in [0.5, 0.6) is 0 Å². The summed E-state index contributed by atoms with van der Waals surface area (Å²) in [6.45, 7) is 4.53. The fourth-order valence-corrected chi connectivity index (χ4v) is 6.38. The molecule has 0 aliphatic carbocycles. The fourth-order valence-electron chi connectivity index (χ4n) is 5.56. The number of nitrogens with zero attached hydrogens (tertiary/aromatic N) is 2. The molecule has 0 aliphatic rings. The molecule has 7 heteroatoms. The highest BCUT2D eigenvalue weighted by Crippen LogP contribution is 2.16. The van der Waals surface area contributed by atoms with Gasteiger partial charge in [0.15, 0.2) is 0 Å². The molecule has 0 heterocycles. The lowest BCUT2D eigenvalue weighted by atomic mass is 10.1. The Hall–Kier alpha value is -1.60. The smallest absolute Gasteiger partial charge is 0.305 e. The Bertz CT molecular complexity index is 799. The minimum absolute atomic E-state index is 0.102. The van der Waals surface area contributed by atoms with Gasteiger partial charge < -0.3 is 19.3 Å². The van der Waals surface area contributed by atoms with Crippen molar-refractivity contribution in [2.45, 2.75) is 167 Å². The number of ketones is 1. The van der Waals surface area contributed by atoms with Gasteiger partial charge in [-0.2, -0.15) is 0 Å². The van der Waals surface area contributed by atoms with Gasteiger partial charge in [0.1, 0.15) is 5.78 Å². The van der Waals surface area contributed by atoms with E-state index in [0.29, 0.717) is 12.2 Å². The monoisotopic (exact) mass is 679 g/mol. The number of thioether (sulfide) groups is 1. The normalized spacial score (nSPS) is 11.7. The van der Waals surface area contributed by atoms with Crippen molar-refractivity contribution < 1.29 is 19.1 Å². The fraction of sp³-hybridized carbons (Fsp3) is 0.825. The molecule has 0 N–H and O–H groups in total. The molecular weight excluding hydrogens is 605 g/mol. The van der Waals surface area contributed by atoms with E-state index in [9.17, 15) is 14.4 Å². The summed E-state index contributed by atoms with van der Waals surface area (Å²) in [5, 5.41) is 0.282. The number of hydrogen-bond acceptors (Lipinski definition) is 6. The third-order valence-corrected chi connectivity index (χ3v) is 9.54. The van der Waals surface area contributed by atoms with Crippen molar-refractivity contribution in [2.75, 3.05) is 46.6 Å². The molecule has 0 aromatic heterocycles. The second kappa shape index (κ2) is 35.7. The van der Waals surface area contributed by atoms with E-state index in [1.807, 2.05) is 0 Å². The number of allylic oxidation sites excluding steroid dienone is 4. The van der Waals surface area contributed by atoms with Crippen molar-refractivity contribution in [1.82, 2.24) is 9.80 Å². The van der Waals surface area contributed by atoms with Crippen LogP contribution >= 0.6 is 11.8 Å². The van der Waals surface area contributed by atoms with E-state index in [2.05, 4.69) is 52.9 Å². The summed E-state index contributed by atoms with van der Waals surface area (Å²) >= 11 is 1.52. The van der Waals surface area contributed by atoms with E-state index in [-0.39, 0.29) is 11.2 Å². The van der Waals surface area contributed by atoms with Crippen LogP contribution in [0.25, 0.3) is 0 Å². The zero-order valence-corrected chi connectivity index (χ0v) is 32.1. The predicted molar refractivity (Wildman–Crippen MR) is 204 cm³/mol. The van der Waals surface area contributed by atoms with Crippen LogP contribution in [0.2, 0.25) is 0 Å². The first kappa shape index (κ1) is 45.4. The first-order valence-corrected chi connectivity index (χ1v) is 20.3. The quantitative estimate of drug-likeness (QED) is 0.0383. The van der Waals surface area contributed by atoms with E-state index < -0.39 is 0 Å². The number of ether oxygens (including phenoxy) is 1. The minimum atomic E-state index is -0.102. The number of carbonyl (C=O) groups is 3. The molecule has 274 valence electrons. The van der Waals surface area contributed by atoms with Crippen LogP contribution in [0.15, 0.2) is 24.3 Å². The molecule has 0 bridgehead atoms. The van der Waals surface area contributed by atoms with Gasteiger partial charge in [0, 0.05) is 31.7 Å². The number of unbranched alkanes of at least 4 members (excludes halogenated alkanes) is 18. The third-order valence-electron chi connectivity index (χ3n) is 8.54. The summed E-state index contributed by atoms with van der Waals surface area (Å²) in [6.07, 6.45) is 37.6. The van der Waals surface area contributed by atoms with Gasteiger partial charge in [0.05, 0.1) is 7.11 Å².